The average molecular weight is 247 g/mol. The Kier molecular flexibility index (Phi) is 5.06. The molecule has 0 aliphatic carbocycles. The van der Waals surface area contributed by atoms with E-state index in [2.05, 4.69) is 21.4 Å². The second kappa shape index (κ2) is 6.55. The van der Waals surface area contributed by atoms with Crippen LogP contribution in [0.3, 0.4) is 0 Å². The fraction of sp³-hybridized carbons (Fsp3) is 0.500. The van der Waals surface area contributed by atoms with E-state index in [9.17, 15) is 4.79 Å². The first-order valence-corrected chi connectivity index (χ1v) is 5.79. The summed E-state index contributed by atoms with van der Waals surface area (Å²) in [6.45, 7) is 4.80. The lowest BCUT2D eigenvalue weighted by Gasteiger charge is -2.17. The number of nitrogens with zero attached hydrogens (tertiary/aromatic N) is 4. The summed E-state index contributed by atoms with van der Waals surface area (Å²) >= 11 is 0. The maximum atomic E-state index is 12.0. The smallest absolute Gasteiger partial charge is 0.273 e. The normalized spacial score (nSPS) is 11.4. The Morgan fingerprint density at radius 3 is 2.94 bits per heavy atom. The molecule has 1 aromatic rings. The Hall–Kier alpha value is -2.16. The lowest BCUT2D eigenvalue weighted by Crippen LogP contribution is -2.31. The average Bonchev–Trinajstić information content (AvgIpc) is 2.38. The molecule has 0 bridgehead atoms. The first kappa shape index (κ1) is 13.9. The van der Waals surface area contributed by atoms with Crippen LogP contribution in [0.15, 0.2) is 12.4 Å². The van der Waals surface area contributed by atoms with E-state index in [0.29, 0.717) is 18.9 Å². The van der Waals surface area contributed by atoms with Crippen LogP contribution in [-0.2, 0) is 0 Å². The van der Waals surface area contributed by atoms with Gasteiger partial charge in [-0.2, -0.15) is 5.26 Å². The molecule has 0 saturated carbocycles. The van der Waals surface area contributed by atoms with Crippen molar-refractivity contribution in [3.05, 3.63) is 18.1 Å². The third-order valence-electron chi connectivity index (χ3n) is 2.33. The van der Waals surface area contributed by atoms with Gasteiger partial charge < -0.3 is 10.2 Å². The molecule has 0 fully saturated rings. The van der Waals surface area contributed by atoms with E-state index in [0.717, 1.165) is 0 Å². The molecule has 6 nitrogen and oxygen atoms in total. The van der Waals surface area contributed by atoms with Crippen LogP contribution in [0.2, 0.25) is 0 Å². The standard InChI is InChI=1S/C12H17N5O/c1-4-15-11-7-14-6-10(16-11)12(18)17(3)8-9(2)5-13/h6-7,9H,4,8H2,1-3H3,(H,15,16). The molecule has 1 amide bonds. The van der Waals surface area contributed by atoms with Crippen molar-refractivity contribution in [1.29, 1.82) is 5.26 Å². The van der Waals surface area contributed by atoms with Crippen molar-refractivity contribution in [3.8, 4) is 6.07 Å². The summed E-state index contributed by atoms with van der Waals surface area (Å²) < 4.78 is 0. The van der Waals surface area contributed by atoms with Crippen LogP contribution in [-0.4, -0.2) is 40.9 Å². The number of anilines is 1. The molecule has 1 rings (SSSR count). The Morgan fingerprint density at radius 1 is 1.61 bits per heavy atom. The predicted molar refractivity (Wildman–Crippen MR) is 67.9 cm³/mol. The minimum Gasteiger partial charge on any atom is -0.369 e. The van der Waals surface area contributed by atoms with Gasteiger partial charge in [-0.3, -0.25) is 9.78 Å². The summed E-state index contributed by atoms with van der Waals surface area (Å²) in [5.41, 5.74) is 0.279. The minimum absolute atomic E-state index is 0.205. The summed E-state index contributed by atoms with van der Waals surface area (Å²) in [4.78, 5) is 21.7. The van der Waals surface area contributed by atoms with Crippen LogP contribution >= 0.6 is 0 Å². The van der Waals surface area contributed by atoms with E-state index >= 15 is 0 Å². The summed E-state index contributed by atoms with van der Waals surface area (Å²) in [6.07, 6.45) is 2.99. The summed E-state index contributed by atoms with van der Waals surface area (Å²) in [5.74, 6) is 0.137. The molecule has 1 N–H and O–H groups in total. The summed E-state index contributed by atoms with van der Waals surface area (Å²) in [6, 6.07) is 2.09. The van der Waals surface area contributed by atoms with Gasteiger partial charge in [-0.15, -0.1) is 0 Å². The van der Waals surface area contributed by atoms with Crippen molar-refractivity contribution in [1.82, 2.24) is 14.9 Å². The summed E-state index contributed by atoms with van der Waals surface area (Å²) in [5, 5.41) is 11.7. The maximum Gasteiger partial charge on any atom is 0.273 e. The number of rotatable bonds is 5. The molecule has 0 saturated heterocycles. The van der Waals surface area contributed by atoms with E-state index in [1.807, 2.05) is 6.92 Å². The SMILES string of the molecule is CCNc1cncc(C(=O)N(C)CC(C)C#N)n1. The van der Waals surface area contributed by atoms with Crippen LogP contribution in [0.5, 0.6) is 0 Å². The zero-order valence-electron chi connectivity index (χ0n) is 10.8. The summed E-state index contributed by atoms with van der Waals surface area (Å²) in [7, 11) is 1.65. The molecule has 0 aromatic carbocycles. The maximum absolute atomic E-state index is 12.0. The first-order chi connectivity index (χ1) is 8.58. The fourth-order valence-corrected chi connectivity index (χ4v) is 1.47. The lowest BCUT2D eigenvalue weighted by atomic mass is 10.2. The van der Waals surface area contributed by atoms with Crippen molar-refractivity contribution in [3.63, 3.8) is 0 Å². The highest BCUT2D eigenvalue weighted by molar-refractivity contribution is 5.92. The molecule has 0 radical (unpaired) electrons. The van der Waals surface area contributed by atoms with E-state index in [1.54, 1.807) is 20.2 Å². The van der Waals surface area contributed by atoms with Gasteiger partial charge in [-0.1, -0.05) is 0 Å². The van der Waals surface area contributed by atoms with E-state index < -0.39 is 0 Å². The number of amides is 1. The number of nitrogens with one attached hydrogen (secondary N) is 1. The van der Waals surface area contributed by atoms with Gasteiger partial charge in [-0.05, 0) is 13.8 Å². The number of aromatic nitrogens is 2. The monoisotopic (exact) mass is 247 g/mol. The molecule has 96 valence electrons. The topological polar surface area (TPSA) is 81.9 Å². The van der Waals surface area contributed by atoms with Gasteiger partial charge in [0.05, 0.1) is 24.4 Å². The van der Waals surface area contributed by atoms with Crippen LogP contribution in [0.1, 0.15) is 24.3 Å². The van der Waals surface area contributed by atoms with Crippen molar-refractivity contribution >= 4 is 11.7 Å². The van der Waals surface area contributed by atoms with Crippen LogP contribution in [0.4, 0.5) is 5.82 Å². The molecule has 1 atom stereocenters. The Bertz CT molecular complexity index is 454. The molecule has 1 aromatic heterocycles. The van der Waals surface area contributed by atoms with Gasteiger partial charge in [0.25, 0.3) is 5.91 Å². The molecular weight excluding hydrogens is 230 g/mol. The third kappa shape index (κ3) is 3.70. The second-order valence-electron chi connectivity index (χ2n) is 4.04. The number of carbonyl (C=O) groups is 1. The number of hydrogen-bond acceptors (Lipinski definition) is 5. The Balaban J connectivity index is 2.77. The molecular formula is C12H17N5O. The van der Waals surface area contributed by atoms with Gasteiger partial charge in [0.1, 0.15) is 11.5 Å². The molecule has 6 heteroatoms. The highest BCUT2D eigenvalue weighted by Crippen LogP contribution is 2.06. The quantitative estimate of drug-likeness (QED) is 0.843. The molecule has 1 unspecified atom stereocenters. The number of nitriles is 1. The number of carbonyl (C=O) groups excluding carboxylic acids is 1. The predicted octanol–water partition coefficient (Wildman–Crippen LogP) is 1.14. The molecule has 0 aliphatic rings. The zero-order valence-corrected chi connectivity index (χ0v) is 10.8. The van der Waals surface area contributed by atoms with Crippen molar-refractivity contribution in [2.75, 3.05) is 25.5 Å². The van der Waals surface area contributed by atoms with E-state index in [1.165, 1.54) is 11.1 Å². The fourth-order valence-electron chi connectivity index (χ4n) is 1.47. The molecule has 1 heterocycles. The molecule has 18 heavy (non-hydrogen) atoms. The zero-order chi connectivity index (χ0) is 13.5. The molecule has 0 spiro atoms. The Morgan fingerprint density at radius 2 is 2.33 bits per heavy atom. The largest absolute Gasteiger partial charge is 0.369 e. The highest BCUT2D eigenvalue weighted by Gasteiger charge is 2.16. The van der Waals surface area contributed by atoms with Gasteiger partial charge in [0, 0.05) is 20.1 Å². The van der Waals surface area contributed by atoms with Crippen molar-refractivity contribution < 1.29 is 4.79 Å². The lowest BCUT2D eigenvalue weighted by molar-refractivity contribution is 0.0779. The number of hydrogen-bond donors (Lipinski definition) is 1. The third-order valence-corrected chi connectivity index (χ3v) is 2.33. The van der Waals surface area contributed by atoms with Gasteiger partial charge in [-0.25, -0.2) is 4.98 Å². The van der Waals surface area contributed by atoms with E-state index in [-0.39, 0.29) is 17.5 Å². The minimum atomic E-state index is -0.232. The van der Waals surface area contributed by atoms with Crippen molar-refractivity contribution in [2.45, 2.75) is 13.8 Å². The van der Waals surface area contributed by atoms with Crippen LogP contribution in [0, 0.1) is 17.2 Å². The van der Waals surface area contributed by atoms with Crippen molar-refractivity contribution in [2.24, 2.45) is 5.92 Å². The first-order valence-electron chi connectivity index (χ1n) is 5.79. The van der Waals surface area contributed by atoms with Crippen LogP contribution in [0.25, 0.3) is 0 Å². The van der Waals surface area contributed by atoms with Gasteiger partial charge in [0.2, 0.25) is 0 Å². The van der Waals surface area contributed by atoms with Gasteiger partial charge in [0.15, 0.2) is 0 Å². The van der Waals surface area contributed by atoms with E-state index in [4.69, 9.17) is 5.26 Å². The van der Waals surface area contributed by atoms with Gasteiger partial charge >= 0.3 is 0 Å². The second-order valence-corrected chi connectivity index (χ2v) is 4.04. The highest BCUT2D eigenvalue weighted by atomic mass is 16.2. The molecule has 0 aliphatic heterocycles. The Labute approximate surface area is 107 Å². The van der Waals surface area contributed by atoms with Crippen LogP contribution < -0.4 is 5.32 Å².